The van der Waals surface area contributed by atoms with Crippen LogP contribution in [-0.4, -0.2) is 31.0 Å². The van der Waals surface area contributed by atoms with E-state index in [1.54, 1.807) is 0 Å². The number of hydrogen-bond donors (Lipinski definition) is 2. The maximum Gasteiger partial charge on any atom is 0.150 e. The van der Waals surface area contributed by atoms with Gasteiger partial charge in [-0.1, -0.05) is 42.1 Å². The Kier molecular flexibility index (Phi) is 8.80. The fourth-order valence-electron chi connectivity index (χ4n) is 1.84. The molecule has 0 heterocycles. The molecule has 120 valence electrons. The van der Waals surface area contributed by atoms with Crippen LogP contribution < -0.4 is 5.32 Å². The summed E-state index contributed by atoms with van der Waals surface area (Å²) in [6.07, 6.45) is 3.61. The van der Waals surface area contributed by atoms with Gasteiger partial charge in [0.2, 0.25) is 0 Å². The molecule has 0 saturated carbocycles. The van der Waals surface area contributed by atoms with E-state index in [-0.39, 0.29) is 18.8 Å². The summed E-state index contributed by atoms with van der Waals surface area (Å²) in [5, 5.41) is 12.3. The van der Waals surface area contributed by atoms with Crippen LogP contribution in [0.15, 0.2) is 16.6 Å². The zero-order valence-electron chi connectivity index (χ0n) is 12.2. The van der Waals surface area contributed by atoms with Gasteiger partial charge in [-0.15, -0.1) is 0 Å². The average molecular weight is 366 g/mol. The lowest BCUT2D eigenvalue weighted by atomic mass is 10.2. The van der Waals surface area contributed by atoms with E-state index in [1.807, 2.05) is 0 Å². The number of nitrogens with one attached hydrogen (secondary N) is 1. The molecule has 3 nitrogen and oxygen atoms in total. The molecule has 0 amide bonds. The third-order valence-corrected chi connectivity index (χ3v) is 3.43. The Balaban J connectivity index is 2.25. The van der Waals surface area contributed by atoms with Crippen molar-refractivity contribution in [1.82, 2.24) is 0 Å². The van der Waals surface area contributed by atoms with E-state index in [0.717, 1.165) is 19.3 Å². The predicted octanol–water partition coefficient (Wildman–Crippen LogP) is 4.10. The number of aliphatic hydroxyl groups excluding tert-OH is 1. The summed E-state index contributed by atoms with van der Waals surface area (Å²) in [7, 11) is 0. The quantitative estimate of drug-likeness (QED) is 0.613. The normalized spacial score (nSPS) is 12.4. The Morgan fingerprint density at radius 3 is 2.52 bits per heavy atom. The molecule has 1 atom stereocenters. The number of aliphatic hydroxyl groups is 1. The van der Waals surface area contributed by atoms with E-state index in [4.69, 9.17) is 4.74 Å². The van der Waals surface area contributed by atoms with Crippen LogP contribution in [-0.2, 0) is 4.74 Å². The molecule has 0 radical (unpaired) electrons. The first kappa shape index (κ1) is 18.3. The molecule has 0 saturated heterocycles. The van der Waals surface area contributed by atoms with Gasteiger partial charge in [-0.3, -0.25) is 0 Å². The maximum atomic E-state index is 13.5. The Morgan fingerprint density at radius 1 is 1.24 bits per heavy atom. The van der Waals surface area contributed by atoms with E-state index in [2.05, 4.69) is 28.2 Å². The standard InChI is InChI=1S/C15H22BrF2NO2/c1-2-3-4-5-6-21-10-12(20)9-19-15-13(17)7-11(16)8-14(15)18/h7-8,12,19-20H,2-6,9-10H2,1H3. The van der Waals surface area contributed by atoms with Gasteiger partial charge in [0, 0.05) is 17.6 Å². The molecule has 6 heteroatoms. The molecule has 0 spiro atoms. The minimum Gasteiger partial charge on any atom is -0.389 e. The maximum absolute atomic E-state index is 13.5. The second-order valence-electron chi connectivity index (χ2n) is 4.91. The predicted molar refractivity (Wildman–Crippen MR) is 83.5 cm³/mol. The van der Waals surface area contributed by atoms with Crippen molar-refractivity contribution in [3.63, 3.8) is 0 Å². The van der Waals surface area contributed by atoms with E-state index in [1.165, 1.54) is 18.6 Å². The van der Waals surface area contributed by atoms with Crippen LogP contribution in [0.1, 0.15) is 32.6 Å². The minimum atomic E-state index is -0.807. The third kappa shape index (κ3) is 7.20. The van der Waals surface area contributed by atoms with Crippen LogP contribution in [0.2, 0.25) is 0 Å². The zero-order chi connectivity index (χ0) is 15.7. The highest BCUT2D eigenvalue weighted by atomic mass is 79.9. The largest absolute Gasteiger partial charge is 0.389 e. The van der Waals surface area contributed by atoms with Gasteiger partial charge in [-0.05, 0) is 18.6 Å². The number of unbranched alkanes of at least 4 members (excludes halogenated alkanes) is 3. The minimum absolute atomic E-state index is 0.0322. The molecule has 0 bridgehead atoms. The van der Waals surface area contributed by atoms with Crippen LogP contribution in [0.25, 0.3) is 0 Å². The van der Waals surface area contributed by atoms with E-state index in [0.29, 0.717) is 11.1 Å². The highest BCUT2D eigenvalue weighted by Gasteiger charge is 2.12. The molecule has 2 N–H and O–H groups in total. The van der Waals surface area contributed by atoms with Gasteiger partial charge in [-0.25, -0.2) is 8.78 Å². The van der Waals surface area contributed by atoms with Crippen molar-refractivity contribution in [3.8, 4) is 0 Å². The number of halogens is 3. The number of benzene rings is 1. The number of anilines is 1. The molecular weight excluding hydrogens is 344 g/mol. The molecule has 1 unspecified atom stereocenters. The van der Waals surface area contributed by atoms with Crippen LogP contribution >= 0.6 is 15.9 Å². The van der Waals surface area contributed by atoms with Crippen molar-refractivity contribution in [1.29, 1.82) is 0 Å². The summed E-state index contributed by atoms with van der Waals surface area (Å²) >= 11 is 3.01. The first-order valence-corrected chi connectivity index (χ1v) is 7.98. The van der Waals surface area contributed by atoms with Crippen molar-refractivity contribution in [2.45, 2.75) is 38.7 Å². The second kappa shape index (κ2) is 10.1. The molecule has 0 fully saturated rings. The highest BCUT2D eigenvalue weighted by Crippen LogP contribution is 2.23. The van der Waals surface area contributed by atoms with Crippen molar-refractivity contribution < 1.29 is 18.6 Å². The van der Waals surface area contributed by atoms with E-state index in [9.17, 15) is 13.9 Å². The molecule has 0 aliphatic rings. The van der Waals surface area contributed by atoms with Gasteiger partial charge < -0.3 is 15.2 Å². The summed E-state index contributed by atoms with van der Waals surface area (Å²) < 4.78 is 32.7. The van der Waals surface area contributed by atoms with Gasteiger partial charge in [0.05, 0.1) is 12.7 Å². The summed E-state index contributed by atoms with van der Waals surface area (Å²) in [6.45, 7) is 2.91. The second-order valence-corrected chi connectivity index (χ2v) is 5.83. The molecule has 1 aromatic carbocycles. The molecule has 0 aliphatic heterocycles. The van der Waals surface area contributed by atoms with E-state index < -0.39 is 17.7 Å². The Hall–Kier alpha value is -0.720. The summed E-state index contributed by atoms with van der Waals surface area (Å²) in [6, 6.07) is 2.34. The molecule has 21 heavy (non-hydrogen) atoms. The average Bonchev–Trinajstić information content (AvgIpc) is 2.41. The molecule has 0 aliphatic carbocycles. The summed E-state index contributed by atoms with van der Waals surface area (Å²) in [4.78, 5) is 0. The van der Waals surface area contributed by atoms with E-state index >= 15 is 0 Å². The van der Waals surface area contributed by atoms with Crippen molar-refractivity contribution in [2.75, 3.05) is 25.1 Å². The van der Waals surface area contributed by atoms with Gasteiger partial charge >= 0.3 is 0 Å². The smallest absolute Gasteiger partial charge is 0.150 e. The lowest BCUT2D eigenvalue weighted by molar-refractivity contribution is 0.0416. The van der Waals surface area contributed by atoms with Gasteiger partial charge in [0.1, 0.15) is 17.3 Å². The van der Waals surface area contributed by atoms with Crippen molar-refractivity contribution in [2.24, 2.45) is 0 Å². The third-order valence-electron chi connectivity index (χ3n) is 2.97. The molecule has 0 aromatic heterocycles. The number of ether oxygens (including phenoxy) is 1. The van der Waals surface area contributed by atoms with Crippen LogP contribution in [0.4, 0.5) is 14.5 Å². The highest BCUT2D eigenvalue weighted by molar-refractivity contribution is 9.10. The Morgan fingerprint density at radius 2 is 1.90 bits per heavy atom. The fourth-order valence-corrected chi connectivity index (χ4v) is 2.24. The molecular formula is C15H22BrF2NO2. The van der Waals surface area contributed by atoms with Gasteiger partial charge in [-0.2, -0.15) is 0 Å². The zero-order valence-corrected chi connectivity index (χ0v) is 13.8. The van der Waals surface area contributed by atoms with Gasteiger partial charge in [0.15, 0.2) is 0 Å². The van der Waals surface area contributed by atoms with Gasteiger partial charge in [0.25, 0.3) is 0 Å². The first-order chi connectivity index (χ1) is 10.0. The molecule has 1 aromatic rings. The number of rotatable bonds is 10. The van der Waals surface area contributed by atoms with Crippen LogP contribution in [0.5, 0.6) is 0 Å². The van der Waals surface area contributed by atoms with Crippen molar-refractivity contribution in [3.05, 3.63) is 28.2 Å². The monoisotopic (exact) mass is 365 g/mol. The lowest BCUT2D eigenvalue weighted by Crippen LogP contribution is -2.25. The van der Waals surface area contributed by atoms with Crippen LogP contribution in [0.3, 0.4) is 0 Å². The number of hydrogen-bond acceptors (Lipinski definition) is 3. The molecule has 1 rings (SSSR count). The first-order valence-electron chi connectivity index (χ1n) is 7.18. The lowest BCUT2D eigenvalue weighted by Gasteiger charge is -2.14. The van der Waals surface area contributed by atoms with Crippen LogP contribution in [0, 0.1) is 11.6 Å². The summed E-state index contributed by atoms with van der Waals surface area (Å²) in [5.74, 6) is -1.40. The fraction of sp³-hybridized carbons (Fsp3) is 0.600. The van der Waals surface area contributed by atoms with Crippen molar-refractivity contribution >= 4 is 21.6 Å². The SMILES string of the molecule is CCCCCCOCC(O)CNc1c(F)cc(Br)cc1F. The topological polar surface area (TPSA) is 41.5 Å². The Bertz CT molecular complexity index is 409. The summed E-state index contributed by atoms with van der Waals surface area (Å²) in [5.41, 5.74) is -0.236. The Labute approximate surface area is 132 Å².